The molecule has 1 N–H and O–H groups in total. The normalized spacial score (nSPS) is 11.5. The first kappa shape index (κ1) is 16.6. The molecule has 3 rings (SSSR count). The molecular formula is C15H8Cl2F3N3O. The van der Waals surface area contributed by atoms with Gasteiger partial charge in [0.05, 0.1) is 10.5 Å². The maximum absolute atomic E-state index is 12.1. The number of ether oxygens (including phenoxy) is 1. The number of benzene rings is 2. The number of para-hydroxylation sites is 1. The summed E-state index contributed by atoms with van der Waals surface area (Å²) in [7, 11) is 0. The van der Waals surface area contributed by atoms with E-state index in [1.807, 2.05) is 0 Å². The first-order valence-electron chi connectivity index (χ1n) is 6.56. The van der Waals surface area contributed by atoms with Crippen LogP contribution in [0.2, 0.25) is 10.2 Å². The number of nitrogens with zero attached hydrogens (tertiary/aromatic N) is 2. The predicted molar refractivity (Wildman–Crippen MR) is 86.0 cm³/mol. The number of hydrogen-bond acceptors (Lipinski definition) is 4. The highest BCUT2D eigenvalue weighted by molar-refractivity contribution is 6.35. The molecule has 0 unspecified atom stereocenters. The molecule has 3 aromatic rings. The van der Waals surface area contributed by atoms with Crippen LogP contribution >= 0.6 is 23.2 Å². The quantitative estimate of drug-likeness (QED) is 0.650. The molecule has 0 amide bonds. The van der Waals surface area contributed by atoms with Gasteiger partial charge in [-0.3, -0.25) is 0 Å². The lowest BCUT2D eigenvalue weighted by Crippen LogP contribution is -2.16. The Bertz CT molecular complexity index is 886. The van der Waals surface area contributed by atoms with Crippen LogP contribution in [0.1, 0.15) is 0 Å². The highest BCUT2D eigenvalue weighted by Crippen LogP contribution is 2.29. The van der Waals surface area contributed by atoms with Crippen molar-refractivity contribution in [1.29, 1.82) is 0 Å². The lowest BCUT2D eigenvalue weighted by atomic mass is 10.3. The van der Waals surface area contributed by atoms with Gasteiger partial charge in [0.2, 0.25) is 0 Å². The molecule has 0 aliphatic heterocycles. The Morgan fingerprint density at radius 3 is 2.33 bits per heavy atom. The Balaban J connectivity index is 1.87. The van der Waals surface area contributed by atoms with Crippen LogP contribution in [-0.4, -0.2) is 16.3 Å². The highest BCUT2D eigenvalue weighted by atomic mass is 35.5. The average Bonchev–Trinajstić information content (AvgIpc) is 2.49. The van der Waals surface area contributed by atoms with Crippen LogP contribution in [0, 0.1) is 0 Å². The van der Waals surface area contributed by atoms with Crippen molar-refractivity contribution in [2.45, 2.75) is 6.36 Å². The largest absolute Gasteiger partial charge is 0.573 e. The van der Waals surface area contributed by atoms with Crippen molar-refractivity contribution in [2.75, 3.05) is 5.32 Å². The molecule has 0 radical (unpaired) electrons. The molecule has 24 heavy (non-hydrogen) atoms. The fourth-order valence-electron chi connectivity index (χ4n) is 1.98. The van der Waals surface area contributed by atoms with Gasteiger partial charge in [-0.25, -0.2) is 9.97 Å². The predicted octanol–water partition coefficient (Wildman–Crippen LogP) is 5.58. The topological polar surface area (TPSA) is 47.0 Å². The van der Waals surface area contributed by atoms with Crippen molar-refractivity contribution in [2.24, 2.45) is 0 Å². The van der Waals surface area contributed by atoms with E-state index in [2.05, 4.69) is 20.0 Å². The third-order valence-corrected chi connectivity index (χ3v) is 3.52. The molecule has 0 spiro atoms. The summed E-state index contributed by atoms with van der Waals surface area (Å²) >= 11 is 12.1. The lowest BCUT2D eigenvalue weighted by molar-refractivity contribution is -0.274. The first-order valence-corrected chi connectivity index (χ1v) is 7.32. The maximum atomic E-state index is 12.1. The Hall–Kier alpha value is -2.25. The van der Waals surface area contributed by atoms with Crippen LogP contribution in [0.25, 0.3) is 11.0 Å². The number of halogens is 5. The van der Waals surface area contributed by atoms with E-state index in [-0.39, 0.29) is 16.7 Å². The summed E-state index contributed by atoms with van der Waals surface area (Å²) in [5.74, 6) is -0.0893. The number of alkyl halides is 3. The third kappa shape index (κ3) is 3.80. The van der Waals surface area contributed by atoms with Crippen LogP contribution in [0.3, 0.4) is 0 Å². The Morgan fingerprint density at radius 2 is 1.67 bits per heavy atom. The van der Waals surface area contributed by atoms with Crippen molar-refractivity contribution in [3.8, 4) is 5.75 Å². The molecule has 0 saturated heterocycles. The minimum absolute atomic E-state index is 0.111. The van der Waals surface area contributed by atoms with Gasteiger partial charge in [0, 0.05) is 5.69 Å². The third-order valence-electron chi connectivity index (χ3n) is 2.95. The molecule has 1 heterocycles. The Kier molecular flexibility index (Phi) is 4.38. The van der Waals surface area contributed by atoms with Gasteiger partial charge in [-0.05, 0) is 36.4 Å². The van der Waals surface area contributed by atoms with Gasteiger partial charge >= 0.3 is 6.36 Å². The van der Waals surface area contributed by atoms with Gasteiger partial charge in [0.15, 0.2) is 11.0 Å². The van der Waals surface area contributed by atoms with Crippen molar-refractivity contribution in [3.05, 3.63) is 52.6 Å². The van der Waals surface area contributed by atoms with Crippen molar-refractivity contribution in [1.82, 2.24) is 9.97 Å². The number of rotatable bonds is 3. The highest BCUT2D eigenvalue weighted by Gasteiger charge is 2.30. The molecule has 1 aromatic heterocycles. The van der Waals surface area contributed by atoms with Gasteiger partial charge in [-0.15, -0.1) is 13.2 Å². The van der Waals surface area contributed by atoms with E-state index < -0.39 is 6.36 Å². The number of aromatic nitrogens is 2. The maximum Gasteiger partial charge on any atom is 0.573 e. The molecule has 0 aliphatic rings. The van der Waals surface area contributed by atoms with E-state index in [0.29, 0.717) is 21.7 Å². The summed E-state index contributed by atoms with van der Waals surface area (Å²) in [6.45, 7) is 0. The molecule has 0 fully saturated rings. The van der Waals surface area contributed by atoms with Crippen molar-refractivity contribution < 1.29 is 17.9 Å². The van der Waals surface area contributed by atoms with Gasteiger partial charge in [-0.1, -0.05) is 29.3 Å². The molecule has 9 heteroatoms. The van der Waals surface area contributed by atoms with E-state index in [4.69, 9.17) is 23.2 Å². The minimum Gasteiger partial charge on any atom is -0.406 e. The summed E-state index contributed by atoms with van der Waals surface area (Å²) in [4.78, 5) is 8.48. The Labute approximate surface area is 144 Å². The molecule has 0 bridgehead atoms. The zero-order chi connectivity index (χ0) is 17.3. The lowest BCUT2D eigenvalue weighted by Gasteiger charge is -2.11. The van der Waals surface area contributed by atoms with Crippen molar-refractivity contribution >= 4 is 45.7 Å². The van der Waals surface area contributed by atoms with E-state index >= 15 is 0 Å². The molecule has 0 aliphatic carbocycles. The van der Waals surface area contributed by atoms with Crippen LogP contribution in [-0.2, 0) is 0 Å². The molecule has 2 aromatic carbocycles. The molecule has 124 valence electrons. The Morgan fingerprint density at radius 1 is 0.958 bits per heavy atom. The molecule has 4 nitrogen and oxygen atoms in total. The molecule has 0 atom stereocenters. The van der Waals surface area contributed by atoms with Crippen LogP contribution in [0.4, 0.5) is 24.7 Å². The van der Waals surface area contributed by atoms with Gasteiger partial charge in [0.25, 0.3) is 0 Å². The second-order valence-corrected chi connectivity index (χ2v) is 5.43. The van der Waals surface area contributed by atoms with Gasteiger partial charge < -0.3 is 10.1 Å². The van der Waals surface area contributed by atoms with Crippen molar-refractivity contribution in [3.63, 3.8) is 0 Å². The fourth-order valence-corrected chi connectivity index (χ4v) is 2.37. The molecule has 0 saturated carbocycles. The zero-order valence-corrected chi connectivity index (χ0v) is 13.2. The summed E-state index contributed by atoms with van der Waals surface area (Å²) in [5.41, 5.74) is 1.46. The SMILES string of the molecule is FC(F)(F)Oc1ccc(Nc2nc3c(Cl)cccc3nc2Cl)cc1. The van der Waals surface area contributed by atoms with E-state index in [0.717, 1.165) is 0 Å². The summed E-state index contributed by atoms with van der Waals surface area (Å²) < 4.78 is 40.2. The summed E-state index contributed by atoms with van der Waals surface area (Å²) in [6.07, 6.45) is -4.74. The minimum atomic E-state index is -4.74. The zero-order valence-electron chi connectivity index (χ0n) is 11.7. The standard InChI is InChI=1S/C15H8Cl2F3N3O/c16-10-2-1-3-11-12(10)23-14(13(17)22-11)21-8-4-6-9(7-5-8)24-15(18,19)20/h1-7H,(H,21,23). The fraction of sp³-hybridized carbons (Fsp3) is 0.0667. The number of fused-ring (bicyclic) bond motifs is 1. The second kappa shape index (κ2) is 6.33. The van der Waals surface area contributed by atoms with Crippen LogP contribution < -0.4 is 10.1 Å². The van der Waals surface area contributed by atoms with Gasteiger partial charge in [-0.2, -0.15) is 0 Å². The number of nitrogens with one attached hydrogen (secondary N) is 1. The smallest absolute Gasteiger partial charge is 0.406 e. The van der Waals surface area contributed by atoms with E-state index in [9.17, 15) is 13.2 Å². The molecular weight excluding hydrogens is 366 g/mol. The van der Waals surface area contributed by atoms with E-state index in [1.54, 1.807) is 18.2 Å². The monoisotopic (exact) mass is 373 g/mol. The summed E-state index contributed by atoms with van der Waals surface area (Å²) in [6, 6.07) is 10.2. The second-order valence-electron chi connectivity index (χ2n) is 4.67. The average molecular weight is 374 g/mol. The first-order chi connectivity index (χ1) is 11.3. The summed E-state index contributed by atoms with van der Waals surface area (Å²) in [5, 5.41) is 3.40. The van der Waals surface area contributed by atoms with Gasteiger partial charge in [0.1, 0.15) is 11.3 Å². The van der Waals surface area contributed by atoms with Crippen LogP contribution in [0.5, 0.6) is 5.75 Å². The van der Waals surface area contributed by atoms with E-state index in [1.165, 1.54) is 24.3 Å². The number of anilines is 2. The van der Waals surface area contributed by atoms with Crippen LogP contribution in [0.15, 0.2) is 42.5 Å². The number of hydrogen-bond donors (Lipinski definition) is 1.